The Balaban J connectivity index is 2.01. The first-order chi connectivity index (χ1) is 12.8. The van der Waals surface area contributed by atoms with E-state index < -0.39 is 11.7 Å². The highest BCUT2D eigenvalue weighted by molar-refractivity contribution is 6.09. The number of nitrogens with one attached hydrogen (secondary N) is 2. The predicted octanol–water partition coefficient (Wildman–Crippen LogP) is 2.99. The summed E-state index contributed by atoms with van der Waals surface area (Å²) in [6.45, 7) is 0.783. The van der Waals surface area contributed by atoms with Gasteiger partial charge in [-0.1, -0.05) is 18.2 Å². The Morgan fingerprint density at radius 2 is 1.85 bits per heavy atom. The van der Waals surface area contributed by atoms with Gasteiger partial charge in [0.05, 0.1) is 16.8 Å². The van der Waals surface area contributed by atoms with Crippen LogP contribution in [0.4, 0.5) is 18.9 Å². The second kappa shape index (κ2) is 7.40. The van der Waals surface area contributed by atoms with Crippen LogP contribution in [-0.4, -0.2) is 43.4 Å². The lowest BCUT2D eigenvalue weighted by atomic mass is 9.99. The topological polar surface area (TPSA) is 61.4 Å². The zero-order chi connectivity index (χ0) is 19.6. The molecule has 0 radical (unpaired) electrons. The van der Waals surface area contributed by atoms with Gasteiger partial charge in [-0.25, -0.2) is 0 Å². The van der Waals surface area contributed by atoms with E-state index in [1.165, 1.54) is 17.0 Å². The molecule has 2 aromatic rings. The van der Waals surface area contributed by atoms with E-state index >= 15 is 0 Å². The van der Waals surface area contributed by atoms with Crippen molar-refractivity contribution in [2.24, 2.45) is 0 Å². The van der Waals surface area contributed by atoms with Crippen LogP contribution in [0.5, 0.6) is 0 Å². The van der Waals surface area contributed by atoms with Gasteiger partial charge < -0.3 is 15.5 Å². The van der Waals surface area contributed by atoms with Gasteiger partial charge in [-0.15, -0.1) is 0 Å². The van der Waals surface area contributed by atoms with Crippen LogP contribution in [0.15, 0.2) is 42.5 Å². The van der Waals surface area contributed by atoms with Crippen molar-refractivity contribution in [1.82, 2.24) is 10.2 Å². The number of nitrogens with zero attached hydrogens (tertiary/aromatic N) is 1. The van der Waals surface area contributed by atoms with Crippen molar-refractivity contribution in [3.8, 4) is 11.1 Å². The molecule has 0 saturated carbocycles. The second-order valence-electron chi connectivity index (χ2n) is 6.22. The summed E-state index contributed by atoms with van der Waals surface area (Å²) in [6, 6.07) is 9.57. The van der Waals surface area contributed by atoms with Crippen molar-refractivity contribution >= 4 is 17.5 Å². The van der Waals surface area contributed by atoms with Gasteiger partial charge in [0.25, 0.3) is 5.91 Å². The highest BCUT2D eigenvalue weighted by Gasteiger charge is 2.31. The van der Waals surface area contributed by atoms with Crippen LogP contribution in [0.1, 0.15) is 15.9 Å². The molecular formula is C19H18F3N3O2. The van der Waals surface area contributed by atoms with E-state index in [1.807, 2.05) is 0 Å². The maximum Gasteiger partial charge on any atom is 0.416 e. The molecule has 0 aliphatic carbocycles. The van der Waals surface area contributed by atoms with E-state index in [9.17, 15) is 22.8 Å². The zero-order valence-electron chi connectivity index (χ0n) is 14.6. The average Bonchev–Trinajstić information content (AvgIpc) is 2.75. The Kier molecular flexibility index (Phi) is 5.18. The molecule has 27 heavy (non-hydrogen) atoms. The maximum absolute atomic E-state index is 13.0. The molecule has 0 fully saturated rings. The molecule has 2 N–H and O–H groups in total. The van der Waals surface area contributed by atoms with Crippen molar-refractivity contribution in [2.45, 2.75) is 6.18 Å². The number of carbonyl (C=O) groups excluding carboxylic acids is 2. The molecule has 0 bridgehead atoms. The normalized spacial score (nSPS) is 14.6. The Hall–Kier alpha value is -2.87. The van der Waals surface area contributed by atoms with Gasteiger partial charge in [-0.3, -0.25) is 9.59 Å². The molecule has 1 aliphatic rings. The van der Waals surface area contributed by atoms with E-state index in [-0.39, 0.29) is 23.9 Å². The number of hydrogen-bond acceptors (Lipinski definition) is 3. The molecule has 1 aliphatic heterocycles. The Morgan fingerprint density at radius 1 is 1.11 bits per heavy atom. The van der Waals surface area contributed by atoms with Crippen LogP contribution >= 0.6 is 0 Å². The van der Waals surface area contributed by atoms with Crippen molar-refractivity contribution in [3.05, 3.63) is 53.6 Å². The van der Waals surface area contributed by atoms with E-state index in [1.54, 1.807) is 25.2 Å². The first-order valence-corrected chi connectivity index (χ1v) is 8.35. The van der Waals surface area contributed by atoms with Crippen LogP contribution in [0.25, 0.3) is 11.1 Å². The fraction of sp³-hybridized carbons (Fsp3) is 0.263. The summed E-state index contributed by atoms with van der Waals surface area (Å²) < 4.78 is 38.9. The fourth-order valence-corrected chi connectivity index (χ4v) is 2.92. The first-order valence-electron chi connectivity index (χ1n) is 8.35. The van der Waals surface area contributed by atoms with Gasteiger partial charge in [-0.05, 0) is 42.4 Å². The Morgan fingerprint density at radius 3 is 2.56 bits per heavy atom. The standard InChI is InChI=1S/C19H18F3N3O2/c1-23-7-8-25-11-17(26)24-16-6-5-13(10-15(16)18(25)27)12-3-2-4-14(9-12)19(20,21)22/h2-6,9-10,23H,7-8,11H2,1H3,(H,24,26). The molecule has 1 heterocycles. The number of likely N-dealkylation sites (N-methyl/N-ethyl adjacent to an activating group) is 1. The third kappa shape index (κ3) is 4.11. The molecule has 2 amide bonds. The quantitative estimate of drug-likeness (QED) is 0.861. The lowest BCUT2D eigenvalue weighted by molar-refractivity contribution is -0.137. The minimum atomic E-state index is -4.45. The van der Waals surface area contributed by atoms with Gasteiger partial charge in [0.1, 0.15) is 6.54 Å². The molecule has 0 spiro atoms. The zero-order valence-corrected chi connectivity index (χ0v) is 14.6. The minimum Gasteiger partial charge on any atom is -0.328 e. The van der Waals surface area contributed by atoms with Crippen molar-refractivity contribution in [2.75, 3.05) is 32.0 Å². The SMILES string of the molecule is CNCCN1CC(=O)Nc2ccc(-c3cccc(C(F)(F)F)c3)cc2C1=O. The number of halogens is 3. The summed E-state index contributed by atoms with van der Waals surface area (Å²) >= 11 is 0. The molecule has 0 atom stereocenters. The smallest absolute Gasteiger partial charge is 0.328 e. The molecule has 0 aromatic heterocycles. The van der Waals surface area contributed by atoms with Gasteiger partial charge in [-0.2, -0.15) is 13.2 Å². The van der Waals surface area contributed by atoms with Gasteiger partial charge in [0.15, 0.2) is 0 Å². The molecule has 8 heteroatoms. The van der Waals surface area contributed by atoms with Crippen molar-refractivity contribution in [1.29, 1.82) is 0 Å². The van der Waals surface area contributed by atoms with E-state index in [4.69, 9.17) is 0 Å². The number of rotatable bonds is 4. The fourth-order valence-electron chi connectivity index (χ4n) is 2.92. The number of hydrogen-bond donors (Lipinski definition) is 2. The predicted molar refractivity (Wildman–Crippen MR) is 95.3 cm³/mol. The van der Waals surface area contributed by atoms with Crippen LogP contribution in [0, 0.1) is 0 Å². The third-order valence-electron chi connectivity index (χ3n) is 4.30. The molecule has 0 saturated heterocycles. The highest BCUT2D eigenvalue weighted by atomic mass is 19.4. The van der Waals surface area contributed by atoms with Crippen LogP contribution < -0.4 is 10.6 Å². The Labute approximate surface area is 154 Å². The minimum absolute atomic E-state index is 0.0753. The average molecular weight is 377 g/mol. The summed E-state index contributed by atoms with van der Waals surface area (Å²) in [5, 5.41) is 5.59. The summed E-state index contributed by atoms with van der Waals surface area (Å²) in [6.07, 6.45) is -4.45. The number of fused-ring (bicyclic) bond motifs is 1. The lowest BCUT2D eigenvalue weighted by Crippen LogP contribution is -2.39. The third-order valence-corrected chi connectivity index (χ3v) is 4.30. The number of benzene rings is 2. The molecule has 3 rings (SSSR count). The largest absolute Gasteiger partial charge is 0.416 e. The van der Waals surface area contributed by atoms with Crippen molar-refractivity contribution in [3.63, 3.8) is 0 Å². The molecular weight excluding hydrogens is 359 g/mol. The summed E-state index contributed by atoms with van der Waals surface area (Å²) in [5.74, 6) is -0.655. The van der Waals surface area contributed by atoms with Crippen LogP contribution in [0.2, 0.25) is 0 Å². The Bertz CT molecular complexity index is 881. The number of amides is 2. The molecule has 5 nitrogen and oxygen atoms in total. The summed E-state index contributed by atoms with van der Waals surface area (Å²) in [4.78, 5) is 26.3. The highest BCUT2D eigenvalue weighted by Crippen LogP contribution is 2.33. The molecule has 142 valence electrons. The van der Waals surface area contributed by atoms with Crippen molar-refractivity contribution < 1.29 is 22.8 Å². The van der Waals surface area contributed by atoms with E-state index in [2.05, 4.69) is 10.6 Å². The van der Waals surface area contributed by atoms with E-state index in [0.717, 1.165) is 12.1 Å². The van der Waals surface area contributed by atoms with Crippen LogP contribution in [-0.2, 0) is 11.0 Å². The lowest BCUT2D eigenvalue weighted by Gasteiger charge is -2.19. The monoisotopic (exact) mass is 377 g/mol. The van der Waals surface area contributed by atoms with Gasteiger partial charge in [0.2, 0.25) is 5.91 Å². The molecule has 2 aromatic carbocycles. The summed E-state index contributed by atoms with van der Waals surface area (Å²) in [5.41, 5.74) is 0.667. The number of carbonyl (C=O) groups is 2. The molecule has 0 unspecified atom stereocenters. The van der Waals surface area contributed by atoms with Crippen LogP contribution in [0.3, 0.4) is 0 Å². The second-order valence-corrected chi connectivity index (χ2v) is 6.22. The summed E-state index contributed by atoms with van der Waals surface area (Å²) in [7, 11) is 1.74. The van der Waals surface area contributed by atoms with E-state index in [0.29, 0.717) is 29.9 Å². The van der Waals surface area contributed by atoms with Gasteiger partial charge >= 0.3 is 6.18 Å². The number of anilines is 1. The maximum atomic E-state index is 13.0. The van der Waals surface area contributed by atoms with Gasteiger partial charge in [0, 0.05) is 13.1 Å². The first kappa shape index (κ1) is 18.9. The number of alkyl halides is 3.